The number of hydrogen-bond acceptors (Lipinski definition) is 2. The maximum Gasteiger partial charge on any atom is 0.267 e. The van der Waals surface area contributed by atoms with Crippen molar-refractivity contribution in [1.82, 2.24) is 10.3 Å². The largest absolute Gasteiger partial charge is 0.385 e. The highest BCUT2D eigenvalue weighted by Crippen LogP contribution is 2.19. The van der Waals surface area contributed by atoms with Crippen LogP contribution in [-0.2, 0) is 4.74 Å². The summed E-state index contributed by atoms with van der Waals surface area (Å²) in [5, 5.41) is 4.45. The molecule has 5 heteroatoms. The van der Waals surface area contributed by atoms with Crippen LogP contribution >= 0.6 is 11.6 Å². The topological polar surface area (TPSA) is 54.1 Å². The molecular weight excluding hydrogens is 252 g/mol. The van der Waals surface area contributed by atoms with E-state index in [-0.39, 0.29) is 5.91 Å². The summed E-state index contributed by atoms with van der Waals surface area (Å²) in [5.41, 5.74) is 1.41. The van der Waals surface area contributed by atoms with Gasteiger partial charge in [-0.25, -0.2) is 0 Å². The molecule has 0 fully saturated rings. The van der Waals surface area contributed by atoms with E-state index in [2.05, 4.69) is 10.3 Å². The molecule has 1 aromatic heterocycles. The Morgan fingerprint density at radius 3 is 3.06 bits per heavy atom. The number of halogens is 1. The van der Waals surface area contributed by atoms with Gasteiger partial charge < -0.3 is 15.0 Å². The summed E-state index contributed by atoms with van der Waals surface area (Å²) in [5.74, 6) is -0.113. The number of H-pyrrole nitrogens is 1. The van der Waals surface area contributed by atoms with Crippen LogP contribution in [0.15, 0.2) is 24.3 Å². The molecule has 0 aliphatic carbocycles. The number of rotatable bonds is 5. The maximum absolute atomic E-state index is 11.8. The van der Waals surface area contributed by atoms with Crippen molar-refractivity contribution in [3.8, 4) is 0 Å². The first-order chi connectivity index (χ1) is 8.70. The van der Waals surface area contributed by atoms with Crippen molar-refractivity contribution in [2.45, 2.75) is 6.42 Å². The number of nitrogens with one attached hydrogen (secondary N) is 2. The zero-order chi connectivity index (χ0) is 13.0. The van der Waals surface area contributed by atoms with Crippen LogP contribution in [0.3, 0.4) is 0 Å². The molecule has 0 bridgehead atoms. The fourth-order valence-electron chi connectivity index (χ4n) is 1.74. The second-order valence-electron chi connectivity index (χ2n) is 4.02. The molecule has 2 aromatic rings. The van der Waals surface area contributed by atoms with Crippen LogP contribution in [0.5, 0.6) is 0 Å². The molecule has 1 heterocycles. The van der Waals surface area contributed by atoms with Gasteiger partial charge in [-0.2, -0.15) is 0 Å². The summed E-state index contributed by atoms with van der Waals surface area (Å²) in [6.45, 7) is 1.24. The van der Waals surface area contributed by atoms with Crippen molar-refractivity contribution >= 4 is 28.4 Å². The summed E-state index contributed by atoms with van der Waals surface area (Å²) < 4.78 is 4.92. The Labute approximate surface area is 110 Å². The molecule has 0 unspecified atom stereocenters. The van der Waals surface area contributed by atoms with Crippen LogP contribution in [0, 0.1) is 0 Å². The Hall–Kier alpha value is -1.52. The van der Waals surface area contributed by atoms with Crippen molar-refractivity contribution in [3.05, 3.63) is 35.0 Å². The normalized spacial score (nSPS) is 10.8. The fourth-order valence-corrected chi connectivity index (χ4v) is 1.91. The van der Waals surface area contributed by atoms with Gasteiger partial charge in [0, 0.05) is 36.2 Å². The van der Waals surface area contributed by atoms with Crippen molar-refractivity contribution < 1.29 is 9.53 Å². The SMILES string of the molecule is COCCCNC(=O)c1cc2ccc(Cl)cc2[nH]1. The van der Waals surface area contributed by atoms with Gasteiger partial charge in [0.1, 0.15) is 5.69 Å². The molecule has 1 aromatic carbocycles. The molecular formula is C13H15ClN2O2. The van der Waals surface area contributed by atoms with Crippen LogP contribution in [0.2, 0.25) is 5.02 Å². The van der Waals surface area contributed by atoms with Gasteiger partial charge in [0.2, 0.25) is 0 Å². The molecule has 1 amide bonds. The van der Waals surface area contributed by atoms with E-state index >= 15 is 0 Å². The molecule has 2 rings (SSSR count). The Bertz CT molecular complexity index is 551. The van der Waals surface area contributed by atoms with Crippen LogP contribution in [-0.4, -0.2) is 31.2 Å². The van der Waals surface area contributed by atoms with Crippen LogP contribution in [0.25, 0.3) is 10.9 Å². The number of benzene rings is 1. The average molecular weight is 267 g/mol. The number of carbonyl (C=O) groups excluding carboxylic acids is 1. The molecule has 4 nitrogen and oxygen atoms in total. The first kappa shape index (κ1) is 12.9. The highest BCUT2D eigenvalue weighted by molar-refractivity contribution is 6.31. The molecule has 0 aliphatic rings. The number of methoxy groups -OCH3 is 1. The second-order valence-corrected chi connectivity index (χ2v) is 4.45. The standard InChI is InChI=1S/C13H15ClN2O2/c1-18-6-2-5-15-13(17)12-7-9-3-4-10(14)8-11(9)16-12/h3-4,7-8,16H,2,5-6H2,1H3,(H,15,17). The van der Waals surface area contributed by atoms with Gasteiger partial charge in [-0.15, -0.1) is 0 Å². The van der Waals surface area contributed by atoms with Gasteiger partial charge in [0.15, 0.2) is 0 Å². The third-order valence-electron chi connectivity index (χ3n) is 2.64. The Kier molecular flexibility index (Phi) is 4.23. The van der Waals surface area contributed by atoms with Gasteiger partial charge in [-0.3, -0.25) is 4.79 Å². The first-order valence-electron chi connectivity index (χ1n) is 5.76. The van der Waals surface area contributed by atoms with E-state index in [1.165, 1.54) is 0 Å². The third-order valence-corrected chi connectivity index (χ3v) is 2.88. The van der Waals surface area contributed by atoms with Crippen molar-refractivity contribution in [3.63, 3.8) is 0 Å². The lowest BCUT2D eigenvalue weighted by Crippen LogP contribution is -2.25. The molecule has 0 aliphatic heterocycles. The first-order valence-corrected chi connectivity index (χ1v) is 6.14. The number of fused-ring (bicyclic) bond motifs is 1. The Balaban J connectivity index is 2.04. The lowest BCUT2D eigenvalue weighted by Gasteiger charge is -2.02. The maximum atomic E-state index is 11.8. The lowest BCUT2D eigenvalue weighted by molar-refractivity contribution is 0.0944. The minimum absolute atomic E-state index is 0.113. The van der Waals surface area contributed by atoms with Gasteiger partial charge >= 0.3 is 0 Å². The van der Waals surface area contributed by atoms with Crippen molar-refractivity contribution in [2.24, 2.45) is 0 Å². The summed E-state index contributed by atoms with van der Waals surface area (Å²) in [7, 11) is 1.64. The van der Waals surface area contributed by atoms with E-state index in [4.69, 9.17) is 16.3 Å². The quantitative estimate of drug-likeness (QED) is 0.818. The highest BCUT2D eigenvalue weighted by Gasteiger charge is 2.08. The molecule has 0 saturated carbocycles. The van der Waals surface area contributed by atoms with Crippen LogP contribution < -0.4 is 5.32 Å². The zero-order valence-electron chi connectivity index (χ0n) is 10.1. The lowest BCUT2D eigenvalue weighted by atomic mass is 10.2. The average Bonchev–Trinajstić information content (AvgIpc) is 2.77. The zero-order valence-corrected chi connectivity index (χ0v) is 10.9. The Morgan fingerprint density at radius 1 is 1.44 bits per heavy atom. The van der Waals surface area contributed by atoms with Crippen molar-refractivity contribution in [2.75, 3.05) is 20.3 Å². The van der Waals surface area contributed by atoms with Gasteiger partial charge in [-0.1, -0.05) is 17.7 Å². The van der Waals surface area contributed by atoms with E-state index in [0.29, 0.717) is 23.9 Å². The fraction of sp³-hybridized carbons (Fsp3) is 0.308. The molecule has 0 saturated heterocycles. The minimum Gasteiger partial charge on any atom is -0.385 e. The number of aromatic nitrogens is 1. The smallest absolute Gasteiger partial charge is 0.267 e. The highest BCUT2D eigenvalue weighted by atomic mass is 35.5. The molecule has 2 N–H and O–H groups in total. The number of aromatic amines is 1. The third kappa shape index (κ3) is 3.03. The minimum atomic E-state index is -0.113. The monoisotopic (exact) mass is 266 g/mol. The van der Waals surface area contributed by atoms with E-state index in [1.54, 1.807) is 19.2 Å². The van der Waals surface area contributed by atoms with E-state index in [9.17, 15) is 4.79 Å². The summed E-state index contributed by atoms with van der Waals surface area (Å²) >= 11 is 5.89. The molecule has 0 atom stereocenters. The predicted molar refractivity (Wildman–Crippen MR) is 72.1 cm³/mol. The Morgan fingerprint density at radius 2 is 2.28 bits per heavy atom. The summed E-state index contributed by atoms with van der Waals surface area (Å²) in [4.78, 5) is 14.9. The van der Waals surface area contributed by atoms with E-state index in [0.717, 1.165) is 17.3 Å². The van der Waals surface area contributed by atoms with Crippen LogP contribution in [0.1, 0.15) is 16.9 Å². The van der Waals surface area contributed by atoms with Gasteiger partial charge in [0.05, 0.1) is 0 Å². The van der Waals surface area contributed by atoms with Gasteiger partial charge in [-0.05, 0) is 24.6 Å². The van der Waals surface area contributed by atoms with E-state index in [1.807, 2.05) is 12.1 Å². The molecule has 0 spiro atoms. The summed E-state index contributed by atoms with van der Waals surface area (Å²) in [6.07, 6.45) is 0.800. The molecule has 0 radical (unpaired) electrons. The number of ether oxygens (including phenoxy) is 1. The summed E-state index contributed by atoms with van der Waals surface area (Å²) in [6, 6.07) is 7.31. The number of hydrogen-bond donors (Lipinski definition) is 2. The number of carbonyl (C=O) groups is 1. The van der Waals surface area contributed by atoms with Crippen molar-refractivity contribution in [1.29, 1.82) is 0 Å². The van der Waals surface area contributed by atoms with Crippen LogP contribution in [0.4, 0.5) is 0 Å². The van der Waals surface area contributed by atoms with E-state index < -0.39 is 0 Å². The predicted octanol–water partition coefficient (Wildman–Crippen LogP) is 2.59. The number of amides is 1. The molecule has 18 heavy (non-hydrogen) atoms. The second kappa shape index (κ2) is 5.89. The van der Waals surface area contributed by atoms with Gasteiger partial charge in [0.25, 0.3) is 5.91 Å². The molecule has 96 valence electrons.